The fourth-order valence-electron chi connectivity index (χ4n) is 3.52. The van der Waals surface area contributed by atoms with Crippen LogP contribution in [0.15, 0.2) is 30.3 Å². The zero-order valence-corrected chi connectivity index (χ0v) is 16.1. The van der Waals surface area contributed by atoms with Gasteiger partial charge in [0, 0.05) is 37.1 Å². The highest BCUT2D eigenvalue weighted by atomic mass is 35.5. The Morgan fingerprint density at radius 2 is 1.92 bits per heavy atom. The van der Waals surface area contributed by atoms with Crippen LogP contribution in [0, 0.1) is 32.1 Å². The maximum Gasteiger partial charge on any atom is 0.147 e. The highest BCUT2D eigenvalue weighted by Gasteiger charge is 2.26. The summed E-state index contributed by atoms with van der Waals surface area (Å²) in [5.74, 6) is 0.839. The number of pyridine rings is 1. The van der Waals surface area contributed by atoms with Gasteiger partial charge in [0.15, 0.2) is 0 Å². The third kappa shape index (κ3) is 3.88. The summed E-state index contributed by atoms with van der Waals surface area (Å²) < 4.78 is 0. The molecule has 2 aromatic rings. The summed E-state index contributed by atoms with van der Waals surface area (Å²) in [6.07, 6.45) is 0. The number of benzene rings is 1. The lowest BCUT2D eigenvalue weighted by Gasteiger charge is -2.42. The molecule has 1 atom stereocenters. The summed E-state index contributed by atoms with van der Waals surface area (Å²) in [5.41, 5.74) is 5.24. The minimum absolute atomic E-state index is 0. The first-order chi connectivity index (χ1) is 11.5. The molecule has 0 aliphatic carbocycles. The van der Waals surface area contributed by atoms with Gasteiger partial charge in [0.25, 0.3) is 0 Å². The number of aromatic nitrogens is 1. The molecule has 1 saturated heterocycles. The van der Waals surface area contributed by atoms with Crippen molar-refractivity contribution in [2.24, 2.45) is 0 Å². The zero-order valence-electron chi connectivity index (χ0n) is 15.3. The highest BCUT2D eigenvalue weighted by Crippen LogP contribution is 2.27. The average molecular weight is 357 g/mol. The van der Waals surface area contributed by atoms with E-state index in [0.29, 0.717) is 11.6 Å². The Morgan fingerprint density at radius 1 is 1.16 bits per heavy atom. The highest BCUT2D eigenvalue weighted by molar-refractivity contribution is 5.85. The van der Waals surface area contributed by atoms with Gasteiger partial charge in [0.05, 0.1) is 5.56 Å². The predicted octanol–water partition coefficient (Wildman–Crippen LogP) is 4.02. The average Bonchev–Trinajstić information content (AvgIpc) is 2.54. The van der Waals surface area contributed by atoms with Gasteiger partial charge in [-0.25, -0.2) is 4.98 Å². The molecule has 0 amide bonds. The van der Waals surface area contributed by atoms with Crippen molar-refractivity contribution in [2.45, 2.75) is 33.7 Å². The summed E-state index contributed by atoms with van der Waals surface area (Å²) in [7, 11) is 0. The third-order valence-corrected chi connectivity index (χ3v) is 4.70. The molecule has 3 rings (SSSR count). The van der Waals surface area contributed by atoms with Crippen molar-refractivity contribution in [2.75, 3.05) is 29.4 Å². The van der Waals surface area contributed by atoms with Crippen molar-refractivity contribution < 1.29 is 0 Å². The number of nitriles is 1. The van der Waals surface area contributed by atoms with Crippen molar-refractivity contribution in [1.82, 2.24) is 4.98 Å². The number of aryl methyl sites for hydroxylation is 3. The molecule has 2 heterocycles. The minimum Gasteiger partial charge on any atom is -0.365 e. The molecule has 4 nitrogen and oxygen atoms in total. The molecule has 25 heavy (non-hydrogen) atoms. The largest absolute Gasteiger partial charge is 0.365 e. The fourth-order valence-corrected chi connectivity index (χ4v) is 3.52. The van der Waals surface area contributed by atoms with Gasteiger partial charge < -0.3 is 9.80 Å². The van der Waals surface area contributed by atoms with Gasteiger partial charge in [-0.15, -0.1) is 12.4 Å². The van der Waals surface area contributed by atoms with E-state index in [1.165, 1.54) is 11.3 Å². The van der Waals surface area contributed by atoms with Gasteiger partial charge in [-0.2, -0.15) is 5.26 Å². The van der Waals surface area contributed by atoms with Crippen LogP contribution < -0.4 is 9.80 Å². The topological polar surface area (TPSA) is 43.2 Å². The number of nitrogens with zero attached hydrogens (tertiary/aromatic N) is 4. The van der Waals surface area contributed by atoms with Gasteiger partial charge >= 0.3 is 0 Å². The molecule has 1 aromatic carbocycles. The number of halogens is 1. The lowest BCUT2D eigenvalue weighted by molar-refractivity contribution is 0.546. The molecule has 0 radical (unpaired) electrons. The van der Waals surface area contributed by atoms with E-state index >= 15 is 0 Å². The zero-order chi connectivity index (χ0) is 17.3. The van der Waals surface area contributed by atoms with Crippen molar-refractivity contribution in [3.63, 3.8) is 0 Å². The first-order valence-corrected chi connectivity index (χ1v) is 8.46. The molecule has 1 aliphatic heterocycles. The predicted molar refractivity (Wildman–Crippen MR) is 106 cm³/mol. The summed E-state index contributed by atoms with van der Waals surface area (Å²) in [6.45, 7) is 11.0. The van der Waals surface area contributed by atoms with Crippen molar-refractivity contribution in [3.05, 3.63) is 52.7 Å². The van der Waals surface area contributed by atoms with E-state index in [9.17, 15) is 5.26 Å². The van der Waals surface area contributed by atoms with Crippen LogP contribution in [-0.2, 0) is 0 Å². The lowest BCUT2D eigenvalue weighted by Crippen LogP contribution is -2.52. The Kier molecular flexibility index (Phi) is 5.92. The van der Waals surface area contributed by atoms with Crippen LogP contribution in [0.4, 0.5) is 11.5 Å². The monoisotopic (exact) mass is 356 g/mol. The molecule has 1 unspecified atom stereocenters. The molecule has 0 N–H and O–H groups in total. The molecular formula is C20H25ClN4. The van der Waals surface area contributed by atoms with Crippen LogP contribution in [0.2, 0.25) is 0 Å². The van der Waals surface area contributed by atoms with Crippen LogP contribution in [0.5, 0.6) is 0 Å². The quantitative estimate of drug-likeness (QED) is 0.815. The summed E-state index contributed by atoms with van der Waals surface area (Å²) >= 11 is 0. The van der Waals surface area contributed by atoms with E-state index in [2.05, 4.69) is 59.0 Å². The van der Waals surface area contributed by atoms with Crippen LogP contribution in [0.1, 0.15) is 29.3 Å². The second-order valence-electron chi connectivity index (χ2n) is 6.72. The number of hydrogen-bond donors (Lipinski definition) is 0. The lowest BCUT2D eigenvalue weighted by atomic mass is 10.1. The Labute approximate surface area is 156 Å². The molecule has 132 valence electrons. The molecule has 0 spiro atoms. The van der Waals surface area contributed by atoms with E-state index in [-0.39, 0.29) is 12.4 Å². The second kappa shape index (κ2) is 7.76. The number of hydrogen-bond acceptors (Lipinski definition) is 4. The standard InChI is InChI=1S/C20H24N4.ClH/c1-14-6-5-7-18(10-14)24-9-8-23(13-17(24)4)20-19(12-21)15(2)11-16(3)22-20;/h5-7,10-11,17H,8-9,13H2,1-4H3;1H. The normalized spacial score (nSPS) is 17.0. The van der Waals surface area contributed by atoms with E-state index < -0.39 is 0 Å². The Balaban J connectivity index is 0.00000225. The molecule has 1 fully saturated rings. The van der Waals surface area contributed by atoms with Crippen molar-refractivity contribution in [1.29, 1.82) is 5.26 Å². The first-order valence-electron chi connectivity index (χ1n) is 8.46. The number of piperazine rings is 1. The van der Waals surface area contributed by atoms with Crippen LogP contribution in [0.3, 0.4) is 0 Å². The molecule has 0 bridgehead atoms. The smallest absolute Gasteiger partial charge is 0.147 e. The van der Waals surface area contributed by atoms with E-state index in [0.717, 1.165) is 36.7 Å². The van der Waals surface area contributed by atoms with Gasteiger partial charge in [0.2, 0.25) is 0 Å². The Morgan fingerprint density at radius 3 is 2.56 bits per heavy atom. The summed E-state index contributed by atoms with van der Waals surface area (Å²) in [6, 6.07) is 13.3. The van der Waals surface area contributed by atoms with Crippen molar-refractivity contribution >= 4 is 23.9 Å². The third-order valence-electron chi connectivity index (χ3n) is 4.70. The molecule has 5 heteroatoms. The number of anilines is 2. The minimum atomic E-state index is 0. The second-order valence-corrected chi connectivity index (χ2v) is 6.72. The Bertz CT molecular complexity index is 797. The molecule has 1 aromatic heterocycles. The van der Waals surface area contributed by atoms with Crippen LogP contribution in [0.25, 0.3) is 0 Å². The van der Waals surface area contributed by atoms with Gasteiger partial charge in [-0.1, -0.05) is 12.1 Å². The van der Waals surface area contributed by atoms with E-state index in [1.54, 1.807) is 0 Å². The van der Waals surface area contributed by atoms with Gasteiger partial charge in [-0.05, 0) is 57.0 Å². The van der Waals surface area contributed by atoms with E-state index in [4.69, 9.17) is 0 Å². The maximum absolute atomic E-state index is 9.52. The molecule has 0 saturated carbocycles. The van der Waals surface area contributed by atoms with Crippen molar-refractivity contribution in [3.8, 4) is 6.07 Å². The Hall–Kier alpha value is -2.25. The van der Waals surface area contributed by atoms with Crippen LogP contribution >= 0.6 is 12.4 Å². The van der Waals surface area contributed by atoms with E-state index in [1.807, 2.05) is 19.9 Å². The molecular weight excluding hydrogens is 332 g/mol. The van der Waals surface area contributed by atoms with Crippen LogP contribution in [-0.4, -0.2) is 30.7 Å². The maximum atomic E-state index is 9.52. The first kappa shape index (κ1) is 19.1. The molecule has 1 aliphatic rings. The number of rotatable bonds is 2. The van der Waals surface area contributed by atoms with Gasteiger partial charge in [0.1, 0.15) is 11.9 Å². The summed E-state index contributed by atoms with van der Waals surface area (Å²) in [5, 5.41) is 9.52. The SMILES string of the molecule is Cc1cccc(N2CCN(c3nc(C)cc(C)c3C#N)CC2C)c1.Cl. The van der Waals surface area contributed by atoms with Gasteiger partial charge in [-0.3, -0.25) is 0 Å². The summed E-state index contributed by atoms with van der Waals surface area (Å²) in [4.78, 5) is 9.36. The fraction of sp³-hybridized carbons (Fsp3) is 0.400.